The van der Waals surface area contributed by atoms with Gasteiger partial charge < -0.3 is 20.4 Å². The van der Waals surface area contributed by atoms with Crippen LogP contribution in [0.3, 0.4) is 0 Å². The van der Waals surface area contributed by atoms with E-state index in [1.807, 2.05) is 22.4 Å². The number of hydrogen-bond donors (Lipinski definition) is 2. The first-order valence-corrected chi connectivity index (χ1v) is 12.9. The molecule has 170 valence electrons. The molecule has 0 bridgehead atoms. The maximum absolute atomic E-state index is 12.7. The average Bonchev–Trinajstić information content (AvgIpc) is 3.39. The van der Waals surface area contributed by atoms with Crippen LogP contribution in [-0.2, 0) is 4.79 Å². The highest BCUT2D eigenvalue weighted by Crippen LogP contribution is 2.40. The topological polar surface area (TPSA) is 75.3 Å². The van der Waals surface area contributed by atoms with Crippen LogP contribution in [0.2, 0.25) is 0 Å². The van der Waals surface area contributed by atoms with Crippen molar-refractivity contribution >= 4 is 28.6 Å². The van der Waals surface area contributed by atoms with E-state index >= 15 is 0 Å². The van der Waals surface area contributed by atoms with E-state index in [4.69, 9.17) is 10.1 Å². The molecule has 2 N–H and O–H groups in total. The average molecular weight is 452 g/mol. The van der Waals surface area contributed by atoms with Crippen molar-refractivity contribution in [2.45, 2.75) is 64.0 Å². The largest absolute Gasteiger partial charge is 0.482 e. The summed E-state index contributed by atoms with van der Waals surface area (Å²) in [7, 11) is 0. The monoisotopic (exact) mass is 451 g/mol. The van der Waals surface area contributed by atoms with Gasteiger partial charge in [0.25, 0.3) is 5.91 Å². The summed E-state index contributed by atoms with van der Waals surface area (Å²) < 4.78 is 5.83. The highest BCUT2D eigenvalue weighted by Gasteiger charge is 2.39. The molecule has 5 rings (SSSR count). The molecule has 4 atom stereocenters. The lowest BCUT2D eigenvalue weighted by molar-refractivity contribution is -0.121. The number of nitrogens with one attached hydrogen (secondary N) is 2. The van der Waals surface area contributed by atoms with Crippen molar-refractivity contribution in [3.05, 3.63) is 46.2 Å². The van der Waals surface area contributed by atoms with Crippen molar-refractivity contribution in [3.63, 3.8) is 0 Å². The van der Waals surface area contributed by atoms with Crippen LogP contribution < -0.4 is 15.0 Å². The van der Waals surface area contributed by atoms with Crippen molar-refractivity contribution in [1.82, 2.24) is 5.32 Å². The van der Waals surface area contributed by atoms with Gasteiger partial charge in [0.15, 0.2) is 6.61 Å². The van der Waals surface area contributed by atoms with E-state index in [1.54, 1.807) is 11.3 Å². The molecule has 1 aliphatic carbocycles. The van der Waals surface area contributed by atoms with E-state index in [0.717, 1.165) is 41.6 Å². The number of nitrogens with zero attached hydrogens (tertiary/aromatic N) is 1. The quantitative estimate of drug-likeness (QED) is 0.329. The van der Waals surface area contributed by atoms with Gasteiger partial charge in [0.1, 0.15) is 5.75 Å². The summed E-state index contributed by atoms with van der Waals surface area (Å²) in [6.45, 7) is 3.29. The highest BCUT2D eigenvalue weighted by molar-refractivity contribution is 7.12. The molecule has 0 radical (unpaired) electrons. The number of hydrogen-bond acceptors (Lipinski definition) is 5. The Morgan fingerprint density at radius 2 is 2.12 bits per heavy atom. The molecule has 32 heavy (non-hydrogen) atoms. The van der Waals surface area contributed by atoms with Crippen molar-refractivity contribution in [1.29, 1.82) is 5.41 Å². The van der Waals surface area contributed by atoms with E-state index in [-0.39, 0.29) is 18.6 Å². The fourth-order valence-electron chi connectivity index (χ4n) is 5.40. The normalized spacial score (nSPS) is 27.4. The molecular formula is C26H33N3O2S. The minimum Gasteiger partial charge on any atom is -0.482 e. The molecule has 1 saturated carbocycles. The lowest BCUT2D eigenvalue weighted by atomic mass is 9.86. The highest BCUT2D eigenvalue weighted by atomic mass is 32.1. The van der Waals surface area contributed by atoms with E-state index in [2.05, 4.69) is 30.4 Å². The standard InChI is InChI=1S/C26H33N3O2S/c1-17-6-3-2-4-7-18(17)11-12-29-22-10-9-19(14-23(22)31-16-25(29)30)26-21(28-26)15-20(27)24-8-5-13-32-24/h5,8-10,13-14,17-18,21,26-28H,2-4,6-7,11-12,15-16H2,1H3. The molecule has 1 saturated heterocycles. The van der Waals surface area contributed by atoms with Gasteiger partial charge in [0, 0.05) is 29.9 Å². The Hall–Kier alpha value is -2.18. The number of amides is 1. The molecule has 2 aromatic rings. The van der Waals surface area contributed by atoms with Crippen LogP contribution in [0.15, 0.2) is 35.7 Å². The summed E-state index contributed by atoms with van der Waals surface area (Å²) in [6, 6.07) is 10.8. The Labute approximate surface area is 194 Å². The summed E-state index contributed by atoms with van der Waals surface area (Å²) in [6.07, 6.45) is 8.45. The predicted octanol–water partition coefficient (Wildman–Crippen LogP) is 5.55. The summed E-state index contributed by atoms with van der Waals surface area (Å²) in [5.41, 5.74) is 2.79. The number of fused-ring (bicyclic) bond motifs is 1. The van der Waals surface area contributed by atoms with Crippen LogP contribution in [0.1, 0.15) is 68.4 Å². The molecule has 2 fully saturated rings. The van der Waals surface area contributed by atoms with Gasteiger partial charge in [-0.1, -0.05) is 51.2 Å². The van der Waals surface area contributed by atoms with Gasteiger partial charge in [-0.15, -0.1) is 11.3 Å². The number of ether oxygens (including phenoxy) is 1. The second-order valence-corrected chi connectivity index (χ2v) is 10.6. The van der Waals surface area contributed by atoms with Crippen LogP contribution in [-0.4, -0.2) is 30.8 Å². The Morgan fingerprint density at radius 3 is 2.97 bits per heavy atom. The fraction of sp³-hybridized carbons (Fsp3) is 0.538. The van der Waals surface area contributed by atoms with Crippen LogP contribution in [0.4, 0.5) is 5.69 Å². The van der Waals surface area contributed by atoms with Crippen molar-refractivity contribution in [3.8, 4) is 5.75 Å². The first-order chi connectivity index (χ1) is 15.6. The van der Waals surface area contributed by atoms with Gasteiger partial charge in [-0.05, 0) is 47.4 Å². The number of anilines is 1. The van der Waals surface area contributed by atoms with Gasteiger partial charge in [0.2, 0.25) is 0 Å². The van der Waals surface area contributed by atoms with Crippen LogP contribution in [0.5, 0.6) is 5.75 Å². The first kappa shape index (κ1) is 21.7. The smallest absolute Gasteiger partial charge is 0.265 e. The molecule has 4 unspecified atom stereocenters. The molecule has 1 amide bonds. The van der Waals surface area contributed by atoms with Crippen LogP contribution in [0.25, 0.3) is 0 Å². The molecule has 0 spiro atoms. The first-order valence-electron chi connectivity index (χ1n) is 12.0. The third kappa shape index (κ3) is 4.62. The number of rotatable bonds is 7. The Balaban J connectivity index is 1.23. The van der Waals surface area contributed by atoms with E-state index in [9.17, 15) is 4.79 Å². The Morgan fingerprint density at radius 1 is 1.25 bits per heavy atom. The number of thiophene rings is 1. The van der Waals surface area contributed by atoms with Crippen molar-refractivity contribution < 1.29 is 9.53 Å². The summed E-state index contributed by atoms with van der Waals surface area (Å²) in [5, 5.41) is 13.9. The summed E-state index contributed by atoms with van der Waals surface area (Å²) in [5.74, 6) is 2.35. The minimum absolute atomic E-state index is 0.0679. The molecule has 1 aromatic carbocycles. The van der Waals surface area contributed by atoms with Crippen LogP contribution >= 0.6 is 11.3 Å². The maximum atomic E-state index is 12.7. The number of benzene rings is 1. The molecule has 3 aliphatic rings. The number of carbonyl (C=O) groups excluding carboxylic acids is 1. The summed E-state index contributed by atoms with van der Waals surface area (Å²) in [4.78, 5) is 15.7. The predicted molar refractivity (Wildman–Crippen MR) is 130 cm³/mol. The zero-order valence-electron chi connectivity index (χ0n) is 18.8. The van der Waals surface area contributed by atoms with Gasteiger partial charge in [-0.3, -0.25) is 4.79 Å². The molecule has 2 aliphatic heterocycles. The molecular weight excluding hydrogens is 418 g/mol. The Bertz CT molecular complexity index is 973. The van der Waals surface area contributed by atoms with E-state index < -0.39 is 0 Å². The number of carbonyl (C=O) groups is 1. The minimum atomic E-state index is 0.0679. The van der Waals surface area contributed by atoms with E-state index in [0.29, 0.717) is 17.7 Å². The lowest BCUT2D eigenvalue weighted by Crippen LogP contribution is -2.40. The Kier molecular flexibility index (Phi) is 6.33. The zero-order chi connectivity index (χ0) is 22.1. The molecule has 5 nitrogen and oxygen atoms in total. The fourth-order valence-corrected chi connectivity index (χ4v) is 6.09. The van der Waals surface area contributed by atoms with Crippen molar-refractivity contribution in [2.24, 2.45) is 11.8 Å². The third-order valence-corrected chi connectivity index (χ3v) is 8.41. The molecule has 1 aromatic heterocycles. The van der Waals surface area contributed by atoms with Crippen molar-refractivity contribution in [2.75, 3.05) is 18.1 Å². The maximum Gasteiger partial charge on any atom is 0.265 e. The third-order valence-electron chi connectivity index (χ3n) is 7.48. The van der Waals surface area contributed by atoms with Gasteiger partial charge in [-0.25, -0.2) is 0 Å². The van der Waals surface area contributed by atoms with Gasteiger partial charge in [-0.2, -0.15) is 0 Å². The SMILES string of the molecule is CC1CCCCCC1CCN1C(=O)COc2cc(C3NC3CC(=N)c3cccs3)ccc21. The van der Waals surface area contributed by atoms with Gasteiger partial charge >= 0.3 is 0 Å². The molecule has 3 heterocycles. The second-order valence-electron chi connectivity index (χ2n) is 9.64. The van der Waals surface area contributed by atoms with Gasteiger partial charge in [0.05, 0.1) is 11.4 Å². The zero-order valence-corrected chi connectivity index (χ0v) is 19.6. The lowest BCUT2D eigenvalue weighted by Gasteiger charge is -2.32. The second kappa shape index (κ2) is 9.36. The van der Waals surface area contributed by atoms with Crippen LogP contribution in [0, 0.1) is 17.2 Å². The molecule has 6 heteroatoms. The van der Waals surface area contributed by atoms with E-state index in [1.165, 1.54) is 37.7 Å². The summed E-state index contributed by atoms with van der Waals surface area (Å²) >= 11 is 1.62.